The smallest absolute Gasteiger partial charge is 0.204 e. The summed E-state index contributed by atoms with van der Waals surface area (Å²) < 4.78 is 2.09. The van der Waals surface area contributed by atoms with E-state index in [1.54, 1.807) is 0 Å². The summed E-state index contributed by atoms with van der Waals surface area (Å²) in [6.07, 6.45) is 0. The molecular weight excluding hydrogens is 212 g/mol. The molecule has 96 valence electrons. The van der Waals surface area contributed by atoms with Crippen LogP contribution in [0.15, 0.2) is 4.99 Å². The Balaban J connectivity index is 3.22. The van der Waals surface area contributed by atoms with Crippen molar-refractivity contribution >= 4 is 5.96 Å². The van der Waals surface area contributed by atoms with E-state index >= 15 is 0 Å². The fraction of sp³-hybridized carbons (Fsp3) is 0.692. The van der Waals surface area contributed by atoms with Gasteiger partial charge in [0.05, 0.1) is 5.69 Å². The SMILES string of the molecule is Cc1nc(C)n(C(=NC(C)C)NC(C)C)c1C. The molecule has 4 heteroatoms. The van der Waals surface area contributed by atoms with Gasteiger partial charge in [-0.3, -0.25) is 4.57 Å². The van der Waals surface area contributed by atoms with Crippen LogP contribution in [0, 0.1) is 20.8 Å². The highest BCUT2D eigenvalue weighted by Gasteiger charge is 2.13. The molecule has 0 unspecified atom stereocenters. The minimum absolute atomic E-state index is 0.262. The van der Waals surface area contributed by atoms with E-state index in [4.69, 9.17) is 0 Å². The van der Waals surface area contributed by atoms with Crippen LogP contribution < -0.4 is 5.32 Å². The third-order valence-corrected chi connectivity index (χ3v) is 2.52. The topological polar surface area (TPSA) is 42.2 Å². The number of imidazole rings is 1. The van der Waals surface area contributed by atoms with Crippen molar-refractivity contribution in [2.24, 2.45) is 4.99 Å². The van der Waals surface area contributed by atoms with E-state index in [0.717, 1.165) is 23.2 Å². The molecule has 0 aliphatic rings. The second-order valence-electron chi connectivity index (χ2n) is 5.01. The maximum absolute atomic E-state index is 4.65. The third kappa shape index (κ3) is 3.32. The Bertz CT molecular complexity index is 413. The number of rotatable bonds is 2. The first-order valence-corrected chi connectivity index (χ1v) is 6.20. The van der Waals surface area contributed by atoms with Gasteiger partial charge in [0.1, 0.15) is 5.82 Å². The van der Waals surface area contributed by atoms with Crippen LogP contribution in [0.4, 0.5) is 0 Å². The van der Waals surface area contributed by atoms with Gasteiger partial charge in [0.2, 0.25) is 5.96 Å². The van der Waals surface area contributed by atoms with Crippen molar-refractivity contribution in [3.63, 3.8) is 0 Å². The van der Waals surface area contributed by atoms with Gasteiger partial charge >= 0.3 is 0 Å². The number of aliphatic imine (C=N–C) groups is 1. The molecule has 0 bridgehead atoms. The molecule has 0 aliphatic heterocycles. The van der Waals surface area contributed by atoms with Crippen LogP contribution in [0.3, 0.4) is 0 Å². The maximum atomic E-state index is 4.65. The standard InChI is InChI=1S/C13H24N4/c1-8(2)14-13(15-9(3)4)17-11(6)10(5)16-12(17)7/h8-9H,1-7H3,(H,14,15). The summed E-state index contributed by atoms with van der Waals surface area (Å²) in [5.74, 6) is 1.87. The lowest BCUT2D eigenvalue weighted by Crippen LogP contribution is -2.37. The highest BCUT2D eigenvalue weighted by Crippen LogP contribution is 2.09. The molecule has 0 amide bonds. The van der Waals surface area contributed by atoms with Crippen LogP contribution in [0.5, 0.6) is 0 Å². The van der Waals surface area contributed by atoms with E-state index < -0.39 is 0 Å². The van der Waals surface area contributed by atoms with Gasteiger partial charge in [-0.25, -0.2) is 9.98 Å². The molecule has 0 saturated heterocycles. The van der Waals surface area contributed by atoms with Gasteiger partial charge < -0.3 is 5.32 Å². The average molecular weight is 236 g/mol. The molecule has 1 heterocycles. The van der Waals surface area contributed by atoms with E-state index in [1.807, 2.05) is 13.8 Å². The second-order valence-corrected chi connectivity index (χ2v) is 5.01. The fourth-order valence-electron chi connectivity index (χ4n) is 1.75. The van der Waals surface area contributed by atoms with Gasteiger partial charge in [-0.05, 0) is 48.5 Å². The first kappa shape index (κ1) is 13.7. The molecule has 0 fully saturated rings. The summed E-state index contributed by atoms with van der Waals surface area (Å²) in [6, 6.07) is 0.617. The molecule has 4 nitrogen and oxygen atoms in total. The van der Waals surface area contributed by atoms with Crippen molar-refractivity contribution in [1.82, 2.24) is 14.9 Å². The minimum Gasteiger partial charge on any atom is -0.353 e. The first-order chi connectivity index (χ1) is 7.82. The number of hydrogen-bond acceptors (Lipinski definition) is 2. The van der Waals surface area contributed by atoms with Gasteiger partial charge in [0.25, 0.3) is 0 Å². The lowest BCUT2D eigenvalue weighted by Gasteiger charge is -2.17. The van der Waals surface area contributed by atoms with Crippen LogP contribution in [-0.4, -0.2) is 27.6 Å². The molecule has 17 heavy (non-hydrogen) atoms. The number of nitrogens with zero attached hydrogens (tertiary/aromatic N) is 3. The van der Waals surface area contributed by atoms with E-state index in [9.17, 15) is 0 Å². The van der Waals surface area contributed by atoms with Crippen LogP contribution >= 0.6 is 0 Å². The molecular formula is C13H24N4. The summed E-state index contributed by atoms with van der Waals surface area (Å²) >= 11 is 0. The fourth-order valence-corrected chi connectivity index (χ4v) is 1.75. The van der Waals surface area contributed by atoms with Gasteiger partial charge in [0, 0.05) is 17.8 Å². The van der Waals surface area contributed by atoms with E-state index in [2.05, 4.69) is 54.5 Å². The summed E-state index contributed by atoms with van der Waals surface area (Å²) in [6.45, 7) is 14.5. The van der Waals surface area contributed by atoms with E-state index in [0.29, 0.717) is 6.04 Å². The highest BCUT2D eigenvalue weighted by molar-refractivity contribution is 5.84. The summed E-state index contributed by atoms with van der Waals surface area (Å²) in [7, 11) is 0. The van der Waals surface area contributed by atoms with E-state index in [1.165, 1.54) is 0 Å². The first-order valence-electron chi connectivity index (χ1n) is 6.20. The van der Waals surface area contributed by atoms with Crippen molar-refractivity contribution in [3.05, 3.63) is 17.2 Å². The molecule has 1 N–H and O–H groups in total. The predicted octanol–water partition coefficient (Wildman–Crippen LogP) is 2.42. The zero-order chi connectivity index (χ0) is 13.2. The second kappa shape index (κ2) is 5.34. The third-order valence-electron chi connectivity index (χ3n) is 2.52. The molecule has 0 spiro atoms. The number of hydrogen-bond donors (Lipinski definition) is 1. The molecule has 0 radical (unpaired) electrons. The average Bonchev–Trinajstić information content (AvgIpc) is 2.38. The van der Waals surface area contributed by atoms with Crippen molar-refractivity contribution in [1.29, 1.82) is 0 Å². The van der Waals surface area contributed by atoms with Gasteiger partial charge in [-0.15, -0.1) is 0 Å². The number of nitrogens with one attached hydrogen (secondary N) is 1. The molecule has 0 atom stereocenters. The van der Waals surface area contributed by atoms with Crippen LogP contribution in [0.1, 0.15) is 44.9 Å². The Kier molecular flexibility index (Phi) is 4.32. The van der Waals surface area contributed by atoms with E-state index in [-0.39, 0.29) is 6.04 Å². The monoisotopic (exact) mass is 236 g/mol. The molecule has 0 aromatic carbocycles. The minimum atomic E-state index is 0.262. The molecule has 1 rings (SSSR count). The Morgan fingerprint density at radius 2 is 1.76 bits per heavy atom. The highest BCUT2D eigenvalue weighted by atomic mass is 15.3. The Morgan fingerprint density at radius 3 is 2.12 bits per heavy atom. The van der Waals surface area contributed by atoms with Gasteiger partial charge in [-0.2, -0.15) is 0 Å². The van der Waals surface area contributed by atoms with Crippen LogP contribution in [0.25, 0.3) is 0 Å². The Labute approximate surface area is 104 Å². The molecule has 1 aromatic rings. The lowest BCUT2D eigenvalue weighted by molar-refractivity contribution is 0.691. The Hall–Kier alpha value is -1.32. The summed E-state index contributed by atoms with van der Waals surface area (Å²) in [5, 5.41) is 3.40. The normalized spacial score (nSPS) is 12.6. The zero-order valence-electron chi connectivity index (χ0n) is 12.0. The molecule has 0 saturated carbocycles. The maximum Gasteiger partial charge on any atom is 0.204 e. The molecule has 1 aromatic heterocycles. The number of aromatic nitrogens is 2. The van der Waals surface area contributed by atoms with Crippen molar-refractivity contribution in [3.8, 4) is 0 Å². The number of aryl methyl sites for hydroxylation is 2. The zero-order valence-corrected chi connectivity index (χ0v) is 12.0. The van der Waals surface area contributed by atoms with Crippen molar-refractivity contribution < 1.29 is 0 Å². The Morgan fingerprint density at radius 1 is 1.18 bits per heavy atom. The van der Waals surface area contributed by atoms with Gasteiger partial charge in [0.15, 0.2) is 0 Å². The van der Waals surface area contributed by atoms with Crippen molar-refractivity contribution in [2.75, 3.05) is 0 Å². The van der Waals surface area contributed by atoms with Crippen LogP contribution in [-0.2, 0) is 0 Å². The van der Waals surface area contributed by atoms with Gasteiger partial charge in [-0.1, -0.05) is 0 Å². The predicted molar refractivity (Wildman–Crippen MR) is 72.7 cm³/mol. The van der Waals surface area contributed by atoms with Crippen molar-refractivity contribution in [2.45, 2.75) is 60.5 Å². The van der Waals surface area contributed by atoms with Crippen LogP contribution in [0.2, 0.25) is 0 Å². The quantitative estimate of drug-likeness (QED) is 0.633. The summed E-state index contributed by atoms with van der Waals surface area (Å²) in [5.41, 5.74) is 2.21. The summed E-state index contributed by atoms with van der Waals surface area (Å²) in [4.78, 5) is 9.14. The lowest BCUT2D eigenvalue weighted by atomic mass is 10.3. The largest absolute Gasteiger partial charge is 0.353 e. The molecule has 0 aliphatic carbocycles.